The molecule has 4 aromatic rings. The molecule has 1 saturated heterocycles. The highest BCUT2D eigenvalue weighted by Crippen LogP contribution is 2.42. The number of hydrogen-bond acceptors (Lipinski definition) is 8. The molecule has 0 aliphatic carbocycles. The number of tetrazole rings is 1. The predicted octanol–water partition coefficient (Wildman–Crippen LogP) is 4.87. The quantitative estimate of drug-likeness (QED) is 0.320. The van der Waals surface area contributed by atoms with Crippen molar-refractivity contribution in [3.8, 4) is 39.8 Å². The number of H-pyrrole nitrogens is 1. The largest absolute Gasteiger partial charge is 0.493 e. The summed E-state index contributed by atoms with van der Waals surface area (Å²) in [5.74, 6) is 1.76. The number of halogens is 1. The van der Waals surface area contributed by atoms with Crippen LogP contribution in [0.3, 0.4) is 0 Å². The molecule has 1 amide bonds. The Hall–Kier alpha value is -4.54. The van der Waals surface area contributed by atoms with E-state index in [9.17, 15) is 9.18 Å². The van der Waals surface area contributed by atoms with Gasteiger partial charge in [-0.1, -0.05) is 0 Å². The smallest absolute Gasteiger partial charge is 0.254 e. The van der Waals surface area contributed by atoms with Gasteiger partial charge in [0.05, 0.1) is 18.8 Å². The van der Waals surface area contributed by atoms with Gasteiger partial charge in [0.15, 0.2) is 0 Å². The average molecular weight is 559 g/mol. The van der Waals surface area contributed by atoms with Gasteiger partial charge in [-0.25, -0.2) is 4.98 Å². The summed E-state index contributed by atoms with van der Waals surface area (Å²) in [7, 11) is 0. The number of nitrogens with one attached hydrogen (secondary N) is 1. The lowest BCUT2D eigenvalue weighted by molar-refractivity contribution is -0.0107. The van der Waals surface area contributed by atoms with Crippen LogP contribution in [0.5, 0.6) is 17.2 Å². The molecule has 0 unspecified atom stereocenters. The van der Waals surface area contributed by atoms with Crippen molar-refractivity contribution in [3.05, 3.63) is 65.7 Å². The normalized spacial score (nSPS) is 15.7. The van der Waals surface area contributed by atoms with Crippen LogP contribution < -0.4 is 14.2 Å². The highest BCUT2D eigenvalue weighted by molar-refractivity contribution is 5.97. The van der Waals surface area contributed by atoms with E-state index in [1.165, 1.54) is 12.3 Å². The van der Waals surface area contributed by atoms with Crippen LogP contribution in [-0.4, -0.2) is 68.3 Å². The molecule has 212 valence electrons. The Balaban J connectivity index is 1.20. The SMILES string of the molecule is CCOc1cc(C(=O)N2CCC3(CCc4cc(-c5nn[nH]n5)ccc4O3)CC2)cc(OCC)c1-c1ccc(F)nc1. The van der Waals surface area contributed by atoms with Crippen molar-refractivity contribution in [3.63, 3.8) is 0 Å². The van der Waals surface area contributed by atoms with E-state index in [0.29, 0.717) is 60.3 Å². The summed E-state index contributed by atoms with van der Waals surface area (Å²) in [4.78, 5) is 19.4. The van der Waals surface area contributed by atoms with E-state index in [-0.39, 0.29) is 11.5 Å². The molecule has 1 N–H and O–H groups in total. The van der Waals surface area contributed by atoms with Gasteiger partial charge >= 0.3 is 0 Å². The number of aromatic nitrogens is 5. The number of rotatable bonds is 7. The van der Waals surface area contributed by atoms with Crippen molar-refractivity contribution in [2.45, 2.75) is 45.1 Å². The zero-order valence-electron chi connectivity index (χ0n) is 23.0. The fourth-order valence-corrected chi connectivity index (χ4v) is 5.66. The third-order valence-corrected chi connectivity index (χ3v) is 7.73. The van der Waals surface area contributed by atoms with Gasteiger partial charge in [-0.15, -0.1) is 10.2 Å². The monoisotopic (exact) mass is 558 g/mol. The highest BCUT2D eigenvalue weighted by Gasteiger charge is 2.41. The lowest BCUT2D eigenvalue weighted by Gasteiger charge is -2.44. The Morgan fingerprint density at radius 3 is 2.39 bits per heavy atom. The Morgan fingerprint density at radius 2 is 1.76 bits per heavy atom. The number of aryl methyl sites for hydroxylation is 1. The summed E-state index contributed by atoms with van der Waals surface area (Å²) in [6.07, 6.45) is 4.67. The molecule has 41 heavy (non-hydrogen) atoms. The number of hydrogen-bond donors (Lipinski definition) is 1. The van der Waals surface area contributed by atoms with Gasteiger partial charge in [0.2, 0.25) is 11.8 Å². The molecule has 4 heterocycles. The Morgan fingerprint density at radius 1 is 1.02 bits per heavy atom. The second kappa shape index (κ2) is 11.1. The van der Waals surface area contributed by atoms with Gasteiger partial charge in [-0.2, -0.15) is 9.60 Å². The fourth-order valence-electron chi connectivity index (χ4n) is 5.66. The lowest BCUT2D eigenvalue weighted by atomic mass is 9.82. The average Bonchev–Trinajstić information content (AvgIpc) is 3.53. The maximum absolute atomic E-state index is 13.7. The van der Waals surface area contributed by atoms with Crippen LogP contribution in [0.15, 0.2) is 48.7 Å². The maximum atomic E-state index is 13.7. The van der Waals surface area contributed by atoms with Gasteiger partial charge in [-0.05, 0) is 79.9 Å². The number of ether oxygens (including phenoxy) is 3. The Labute approximate surface area is 236 Å². The maximum Gasteiger partial charge on any atom is 0.254 e. The number of fused-ring (bicyclic) bond motifs is 1. The second-order valence-electron chi connectivity index (χ2n) is 10.2. The third-order valence-electron chi connectivity index (χ3n) is 7.73. The van der Waals surface area contributed by atoms with Crippen molar-refractivity contribution in [1.82, 2.24) is 30.5 Å². The number of amides is 1. The first kappa shape index (κ1) is 26.7. The van der Waals surface area contributed by atoms with Crippen LogP contribution in [0.1, 0.15) is 49.0 Å². The van der Waals surface area contributed by atoms with Gasteiger partial charge in [0.25, 0.3) is 5.91 Å². The van der Waals surface area contributed by atoms with Gasteiger partial charge < -0.3 is 19.1 Å². The summed E-state index contributed by atoms with van der Waals surface area (Å²) in [5.41, 5.74) is 3.50. The van der Waals surface area contributed by atoms with Gasteiger partial charge in [-0.3, -0.25) is 4.79 Å². The number of pyridine rings is 1. The fraction of sp³-hybridized carbons (Fsp3) is 0.367. The van der Waals surface area contributed by atoms with E-state index in [0.717, 1.165) is 42.6 Å². The number of nitrogens with zero attached hydrogens (tertiary/aromatic N) is 5. The second-order valence-corrected chi connectivity index (χ2v) is 10.2. The van der Waals surface area contributed by atoms with Crippen molar-refractivity contribution in [2.24, 2.45) is 0 Å². The Bertz CT molecular complexity index is 1510. The molecule has 0 saturated carbocycles. The molecule has 6 rings (SSSR count). The lowest BCUT2D eigenvalue weighted by Crippen LogP contribution is -2.51. The molecular formula is C30H31FN6O4. The van der Waals surface area contributed by atoms with Crippen LogP contribution in [-0.2, 0) is 6.42 Å². The summed E-state index contributed by atoms with van der Waals surface area (Å²) < 4.78 is 31.9. The van der Waals surface area contributed by atoms with E-state index < -0.39 is 5.95 Å². The molecule has 0 atom stereocenters. The first-order chi connectivity index (χ1) is 20.0. The van der Waals surface area contributed by atoms with Crippen molar-refractivity contribution >= 4 is 5.91 Å². The molecule has 0 radical (unpaired) electrons. The Kier molecular flexibility index (Phi) is 7.25. The summed E-state index contributed by atoms with van der Waals surface area (Å²) in [6, 6.07) is 12.4. The van der Waals surface area contributed by atoms with Crippen LogP contribution in [0.25, 0.3) is 22.5 Å². The molecule has 0 bridgehead atoms. The molecule has 2 aromatic heterocycles. The minimum atomic E-state index is -0.571. The standard InChI is InChI=1S/C30H31FN6O4/c1-3-39-24-16-22(17-25(40-4-2)27(24)21-6-8-26(31)32-18-21)29(38)37-13-11-30(12-14-37)10-9-19-15-20(5-7-23(19)41-30)28-33-35-36-34-28/h5-8,15-18H,3-4,9-14H2,1-2H3,(H,33,34,35,36). The van der Waals surface area contributed by atoms with Gasteiger partial charge in [0, 0.05) is 48.8 Å². The number of aromatic amines is 1. The van der Waals surface area contributed by atoms with E-state index in [2.05, 4.69) is 31.7 Å². The number of piperidine rings is 1. The van der Waals surface area contributed by atoms with Crippen LogP contribution in [0.4, 0.5) is 4.39 Å². The molecular weight excluding hydrogens is 527 g/mol. The van der Waals surface area contributed by atoms with Crippen molar-refractivity contribution < 1.29 is 23.4 Å². The first-order valence-corrected chi connectivity index (χ1v) is 13.9. The summed E-state index contributed by atoms with van der Waals surface area (Å²) >= 11 is 0. The van der Waals surface area contributed by atoms with Crippen molar-refractivity contribution in [1.29, 1.82) is 0 Å². The van der Waals surface area contributed by atoms with Gasteiger partial charge in [0.1, 0.15) is 22.8 Å². The van der Waals surface area contributed by atoms with E-state index >= 15 is 0 Å². The molecule has 2 aliphatic heterocycles. The third kappa shape index (κ3) is 5.31. The topological polar surface area (TPSA) is 115 Å². The number of benzene rings is 2. The summed E-state index contributed by atoms with van der Waals surface area (Å²) in [5, 5.41) is 14.3. The van der Waals surface area contributed by atoms with Crippen LogP contribution in [0, 0.1) is 5.95 Å². The van der Waals surface area contributed by atoms with Crippen LogP contribution >= 0.6 is 0 Å². The molecule has 2 aromatic carbocycles. The minimum absolute atomic E-state index is 0.0912. The minimum Gasteiger partial charge on any atom is -0.493 e. The number of carbonyl (C=O) groups is 1. The predicted molar refractivity (Wildman–Crippen MR) is 148 cm³/mol. The number of carbonyl (C=O) groups excluding carboxylic acids is 1. The molecule has 1 spiro atoms. The molecule has 1 fully saturated rings. The molecule has 10 nitrogen and oxygen atoms in total. The number of likely N-dealkylation sites (tertiary alicyclic amines) is 1. The molecule has 2 aliphatic rings. The van der Waals surface area contributed by atoms with Crippen molar-refractivity contribution in [2.75, 3.05) is 26.3 Å². The zero-order chi connectivity index (χ0) is 28.4. The van der Waals surface area contributed by atoms with E-state index in [1.54, 1.807) is 18.2 Å². The zero-order valence-corrected chi connectivity index (χ0v) is 23.0. The van der Waals surface area contributed by atoms with E-state index in [4.69, 9.17) is 14.2 Å². The first-order valence-electron chi connectivity index (χ1n) is 13.9. The molecule has 11 heteroatoms. The highest BCUT2D eigenvalue weighted by atomic mass is 19.1. The van der Waals surface area contributed by atoms with Crippen LogP contribution in [0.2, 0.25) is 0 Å². The van der Waals surface area contributed by atoms with E-state index in [1.807, 2.05) is 30.9 Å². The summed E-state index contributed by atoms with van der Waals surface area (Å²) in [6.45, 7) is 5.69.